The molecule has 0 saturated heterocycles. The van der Waals surface area contributed by atoms with E-state index in [2.05, 4.69) is 9.97 Å². The predicted octanol–water partition coefficient (Wildman–Crippen LogP) is 1.88. The van der Waals surface area contributed by atoms with E-state index in [1.165, 1.54) is 0 Å². The van der Waals surface area contributed by atoms with Gasteiger partial charge in [0.15, 0.2) is 0 Å². The number of pyridine rings is 1. The van der Waals surface area contributed by atoms with Gasteiger partial charge in [0.25, 0.3) is 0 Å². The molecule has 0 saturated carbocycles. The molecule has 2 rings (SSSR count). The Bertz CT molecular complexity index is 436. The Hall–Kier alpha value is -1.84. The molecule has 0 radical (unpaired) electrons. The zero-order valence-corrected chi connectivity index (χ0v) is 7.90. The van der Waals surface area contributed by atoms with Gasteiger partial charge in [0.1, 0.15) is 17.3 Å². The van der Waals surface area contributed by atoms with Crippen LogP contribution in [0.15, 0.2) is 28.8 Å². The van der Waals surface area contributed by atoms with Crippen molar-refractivity contribution >= 4 is 5.82 Å². The molecule has 4 nitrogen and oxygen atoms in total. The number of nitrogens with zero attached hydrogens (tertiary/aromatic N) is 2. The minimum atomic E-state index is 0.471. The molecule has 0 aromatic carbocycles. The first-order chi connectivity index (χ1) is 6.79. The molecule has 2 aromatic heterocycles. The van der Waals surface area contributed by atoms with Crippen LogP contribution in [0.3, 0.4) is 0 Å². The fraction of sp³-hybridized carbons (Fsp3) is 0.200. The largest absolute Gasteiger partial charge is 0.440 e. The van der Waals surface area contributed by atoms with Crippen LogP contribution in [-0.2, 0) is 6.42 Å². The van der Waals surface area contributed by atoms with Crippen LogP contribution >= 0.6 is 0 Å². The summed E-state index contributed by atoms with van der Waals surface area (Å²) in [4.78, 5) is 8.23. The minimum Gasteiger partial charge on any atom is -0.440 e. The van der Waals surface area contributed by atoms with Crippen molar-refractivity contribution in [3.63, 3.8) is 0 Å². The normalized spacial score (nSPS) is 10.4. The molecule has 4 heteroatoms. The van der Waals surface area contributed by atoms with Gasteiger partial charge in [0.05, 0.1) is 6.20 Å². The lowest BCUT2D eigenvalue weighted by molar-refractivity contribution is 0.522. The van der Waals surface area contributed by atoms with Gasteiger partial charge in [0, 0.05) is 6.42 Å². The van der Waals surface area contributed by atoms with Gasteiger partial charge in [0.2, 0.25) is 5.89 Å². The van der Waals surface area contributed by atoms with Crippen LogP contribution in [0.1, 0.15) is 12.7 Å². The van der Waals surface area contributed by atoms with E-state index in [-0.39, 0.29) is 0 Å². The van der Waals surface area contributed by atoms with Gasteiger partial charge in [-0.05, 0) is 12.1 Å². The molecule has 0 bridgehead atoms. The highest BCUT2D eigenvalue weighted by Gasteiger charge is 2.06. The number of rotatable bonds is 2. The van der Waals surface area contributed by atoms with Crippen LogP contribution in [-0.4, -0.2) is 9.97 Å². The molecule has 0 unspecified atom stereocenters. The lowest BCUT2D eigenvalue weighted by Crippen LogP contribution is -1.91. The average molecular weight is 189 g/mol. The second kappa shape index (κ2) is 3.49. The first-order valence-corrected chi connectivity index (χ1v) is 4.47. The standard InChI is InChI=1S/C10H11N3O/c1-2-7-6-12-10(14-7)8-4-3-5-9(11)13-8/h3-6H,2H2,1H3,(H2,11,13). The Morgan fingerprint density at radius 3 is 2.93 bits per heavy atom. The summed E-state index contributed by atoms with van der Waals surface area (Å²) in [7, 11) is 0. The van der Waals surface area contributed by atoms with Crippen molar-refractivity contribution in [3.05, 3.63) is 30.2 Å². The third-order valence-electron chi connectivity index (χ3n) is 1.89. The topological polar surface area (TPSA) is 64.9 Å². The average Bonchev–Trinajstić information content (AvgIpc) is 2.66. The van der Waals surface area contributed by atoms with Gasteiger partial charge >= 0.3 is 0 Å². The summed E-state index contributed by atoms with van der Waals surface area (Å²) in [5.74, 6) is 1.84. The van der Waals surface area contributed by atoms with Crippen molar-refractivity contribution in [2.75, 3.05) is 5.73 Å². The van der Waals surface area contributed by atoms with Crippen LogP contribution in [0.2, 0.25) is 0 Å². The van der Waals surface area contributed by atoms with Gasteiger partial charge in [-0.2, -0.15) is 0 Å². The van der Waals surface area contributed by atoms with Gasteiger partial charge in [-0.25, -0.2) is 9.97 Å². The molecule has 2 heterocycles. The first kappa shape index (κ1) is 8.74. The molecular weight excluding hydrogens is 178 g/mol. The first-order valence-electron chi connectivity index (χ1n) is 4.47. The van der Waals surface area contributed by atoms with E-state index in [1.54, 1.807) is 12.3 Å². The zero-order chi connectivity index (χ0) is 9.97. The lowest BCUT2D eigenvalue weighted by Gasteiger charge is -1.95. The monoisotopic (exact) mass is 189 g/mol. The third-order valence-corrected chi connectivity index (χ3v) is 1.89. The van der Waals surface area contributed by atoms with Crippen molar-refractivity contribution < 1.29 is 4.42 Å². The Balaban J connectivity index is 2.39. The van der Waals surface area contributed by atoms with Crippen molar-refractivity contribution in [3.8, 4) is 11.6 Å². The fourth-order valence-corrected chi connectivity index (χ4v) is 1.16. The summed E-state index contributed by atoms with van der Waals surface area (Å²) in [6, 6.07) is 5.38. The Kier molecular flexibility index (Phi) is 2.18. The quantitative estimate of drug-likeness (QED) is 0.783. The SMILES string of the molecule is CCc1cnc(-c2cccc(N)n2)o1. The van der Waals surface area contributed by atoms with Crippen molar-refractivity contribution in [1.82, 2.24) is 9.97 Å². The zero-order valence-electron chi connectivity index (χ0n) is 7.90. The summed E-state index contributed by atoms with van der Waals surface area (Å²) in [6.45, 7) is 2.01. The van der Waals surface area contributed by atoms with Crippen molar-refractivity contribution in [1.29, 1.82) is 0 Å². The molecule has 2 N–H and O–H groups in total. The van der Waals surface area contributed by atoms with E-state index in [4.69, 9.17) is 10.2 Å². The maximum atomic E-state index is 5.55. The molecule has 0 atom stereocenters. The molecule has 2 aromatic rings. The Labute approximate surface area is 81.8 Å². The van der Waals surface area contributed by atoms with Crippen LogP contribution in [0.4, 0.5) is 5.82 Å². The van der Waals surface area contributed by atoms with Crippen LogP contribution in [0.25, 0.3) is 11.6 Å². The molecule has 0 aliphatic rings. The van der Waals surface area contributed by atoms with Gasteiger partial charge < -0.3 is 10.2 Å². The lowest BCUT2D eigenvalue weighted by atomic mass is 10.3. The van der Waals surface area contributed by atoms with Gasteiger partial charge in [-0.3, -0.25) is 0 Å². The van der Waals surface area contributed by atoms with E-state index in [1.807, 2.05) is 19.1 Å². The fourth-order valence-electron chi connectivity index (χ4n) is 1.16. The molecule has 0 aliphatic heterocycles. The molecule has 14 heavy (non-hydrogen) atoms. The number of nitrogens with two attached hydrogens (primary N) is 1. The molecule has 0 fully saturated rings. The highest BCUT2D eigenvalue weighted by molar-refractivity contribution is 5.50. The van der Waals surface area contributed by atoms with Crippen molar-refractivity contribution in [2.45, 2.75) is 13.3 Å². The number of oxazole rings is 1. The van der Waals surface area contributed by atoms with E-state index in [0.29, 0.717) is 17.4 Å². The number of hydrogen-bond donors (Lipinski definition) is 1. The minimum absolute atomic E-state index is 0.471. The highest BCUT2D eigenvalue weighted by atomic mass is 16.4. The maximum Gasteiger partial charge on any atom is 0.245 e. The number of hydrogen-bond acceptors (Lipinski definition) is 4. The molecule has 0 spiro atoms. The Morgan fingerprint density at radius 1 is 1.43 bits per heavy atom. The number of aryl methyl sites for hydroxylation is 1. The third kappa shape index (κ3) is 1.59. The van der Waals surface area contributed by atoms with E-state index in [0.717, 1.165) is 12.2 Å². The van der Waals surface area contributed by atoms with Gasteiger partial charge in [-0.15, -0.1) is 0 Å². The van der Waals surface area contributed by atoms with Crippen LogP contribution in [0, 0.1) is 0 Å². The molecular formula is C10H11N3O. The maximum absolute atomic E-state index is 5.55. The second-order valence-electron chi connectivity index (χ2n) is 2.93. The molecule has 72 valence electrons. The smallest absolute Gasteiger partial charge is 0.245 e. The van der Waals surface area contributed by atoms with Crippen LogP contribution in [0.5, 0.6) is 0 Å². The van der Waals surface area contributed by atoms with Gasteiger partial charge in [-0.1, -0.05) is 13.0 Å². The summed E-state index contributed by atoms with van der Waals surface area (Å²) in [5.41, 5.74) is 6.23. The summed E-state index contributed by atoms with van der Waals surface area (Å²) >= 11 is 0. The number of nitrogen functional groups attached to an aromatic ring is 1. The van der Waals surface area contributed by atoms with Crippen LogP contribution < -0.4 is 5.73 Å². The predicted molar refractivity (Wildman–Crippen MR) is 53.5 cm³/mol. The van der Waals surface area contributed by atoms with E-state index >= 15 is 0 Å². The highest BCUT2D eigenvalue weighted by Crippen LogP contribution is 2.17. The Morgan fingerprint density at radius 2 is 2.29 bits per heavy atom. The van der Waals surface area contributed by atoms with E-state index in [9.17, 15) is 0 Å². The summed E-state index contributed by atoms with van der Waals surface area (Å²) in [5, 5.41) is 0. The number of aromatic nitrogens is 2. The molecule has 0 aliphatic carbocycles. The summed E-state index contributed by atoms with van der Waals surface area (Å²) < 4.78 is 5.44. The molecule has 0 amide bonds. The van der Waals surface area contributed by atoms with E-state index < -0.39 is 0 Å². The van der Waals surface area contributed by atoms with Crippen molar-refractivity contribution in [2.24, 2.45) is 0 Å². The second-order valence-corrected chi connectivity index (χ2v) is 2.93. The number of anilines is 1. The summed E-state index contributed by atoms with van der Waals surface area (Å²) in [6.07, 6.45) is 2.54.